The van der Waals surface area contributed by atoms with Gasteiger partial charge in [0.1, 0.15) is 11.2 Å². The minimum Gasteiger partial charge on any atom is -0.444 e. The zero-order valence-electron chi connectivity index (χ0n) is 14.7. The highest BCUT2D eigenvalue weighted by atomic mass is 35.5. The number of hydrogen-bond donors (Lipinski definition) is 1. The van der Waals surface area contributed by atoms with Crippen molar-refractivity contribution in [1.82, 2.24) is 10.2 Å². The summed E-state index contributed by atoms with van der Waals surface area (Å²) in [5.74, 6) is -0.608. The number of amides is 2. The molecule has 0 aromatic heterocycles. The monoisotopic (exact) mass is 371 g/mol. The third-order valence-corrected chi connectivity index (χ3v) is 3.34. The molecule has 9 heteroatoms. The van der Waals surface area contributed by atoms with Crippen molar-refractivity contribution in [2.45, 2.75) is 33.3 Å². The number of rotatable bonds is 6. The Labute approximate surface area is 151 Å². The topological polar surface area (TPSA) is 102 Å². The Hall–Kier alpha value is -2.35. The molecule has 0 aliphatic carbocycles. The summed E-state index contributed by atoms with van der Waals surface area (Å²) in [6, 6.07) is 3.82. The minimum atomic E-state index is -0.667. The second-order valence-electron chi connectivity index (χ2n) is 6.23. The van der Waals surface area contributed by atoms with Gasteiger partial charge in [-0.05, 0) is 39.8 Å². The molecule has 1 rings (SSSR count). The summed E-state index contributed by atoms with van der Waals surface area (Å²) < 4.78 is 5.27. The minimum absolute atomic E-state index is 0.0882. The number of nitro benzene ring substituents is 1. The molecule has 0 unspecified atom stereocenters. The lowest BCUT2D eigenvalue weighted by Gasteiger charge is -2.26. The first-order valence-electron chi connectivity index (χ1n) is 7.75. The van der Waals surface area contributed by atoms with E-state index in [9.17, 15) is 19.7 Å². The van der Waals surface area contributed by atoms with Crippen molar-refractivity contribution < 1.29 is 19.2 Å². The van der Waals surface area contributed by atoms with Crippen LogP contribution in [0.2, 0.25) is 5.02 Å². The van der Waals surface area contributed by atoms with Crippen molar-refractivity contribution in [3.63, 3.8) is 0 Å². The Morgan fingerprint density at radius 1 is 1.36 bits per heavy atom. The number of likely N-dealkylation sites (N-methyl/N-ethyl adjacent to an activating group) is 1. The van der Waals surface area contributed by atoms with E-state index in [2.05, 4.69) is 5.32 Å². The number of nitrogens with zero attached hydrogens (tertiary/aromatic N) is 2. The largest absolute Gasteiger partial charge is 0.444 e. The highest BCUT2D eigenvalue weighted by molar-refractivity contribution is 6.31. The third-order valence-electron chi connectivity index (χ3n) is 3.10. The van der Waals surface area contributed by atoms with E-state index >= 15 is 0 Å². The molecule has 1 aromatic rings. The number of ether oxygens (including phenoxy) is 1. The molecular formula is C16H22ClN3O5. The van der Waals surface area contributed by atoms with Gasteiger partial charge in [0.25, 0.3) is 11.6 Å². The molecule has 25 heavy (non-hydrogen) atoms. The van der Waals surface area contributed by atoms with Crippen LogP contribution in [0, 0.1) is 10.1 Å². The van der Waals surface area contributed by atoms with Crippen LogP contribution < -0.4 is 5.32 Å². The highest BCUT2D eigenvalue weighted by Crippen LogP contribution is 2.23. The van der Waals surface area contributed by atoms with Crippen molar-refractivity contribution in [3.05, 3.63) is 38.9 Å². The summed E-state index contributed by atoms with van der Waals surface area (Å²) in [6.07, 6.45) is -0.485. The van der Waals surface area contributed by atoms with E-state index < -0.39 is 22.5 Å². The molecule has 0 bridgehead atoms. The molecule has 0 fully saturated rings. The number of benzene rings is 1. The van der Waals surface area contributed by atoms with Crippen LogP contribution in [0.1, 0.15) is 38.1 Å². The van der Waals surface area contributed by atoms with E-state index in [0.29, 0.717) is 6.54 Å². The number of carbonyl (C=O) groups is 2. The fraction of sp³-hybridized carbons (Fsp3) is 0.500. The first-order chi connectivity index (χ1) is 11.5. The Kier molecular flexibility index (Phi) is 7.17. The van der Waals surface area contributed by atoms with Gasteiger partial charge in [-0.25, -0.2) is 4.79 Å². The molecule has 0 spiro atoms. The average molecular weight is 372 g/mol. The van der Waals surface area contributed by atoms with Crippen molar-refractivity contribution in [1.29, 1.82) is 0 Å². The predicted octanol–water partition coefficient (Wildman–Crippen LogP) is 3.24. The molecule has 0 saturated carbocycles. The van der Waals surface area contributed by atoms with Crippen molar-refractivity contribution in [2.75, 3.05) is 19.6 Å². The molecule has 1 N–H and O–H groups in total. The van der Waals surface area contributed by atoms with Gasteiger partial charge in [-0.2, -0.15) is 0 Å². The van der Waals surface area contributed by atoms with Crippen LogP contribution in [0.4, 0.5) is 10.5 Å². The van der Waals surface area contributed by atoms with Crippen LogP contribution in [0.15, 0.2) is 18.2 Å². The summed E-state index contributed by atoms with van der Waals surface area (Å²) >= 11 is 5.72. The molecule has 138 valence electrons. The second-order valence-corrected chi connectivity index (χ2v) is 6.67. The SMILES string of the molecule is CCN(CCNC(=O)c1ccc(Cl)cc1[N+](=O)[O-])C(=O)OC(C)(C)C. The van der Waals surface area contributed by atoms with Gasteiger partial charge >= 0.3 is 6.09 Å². The van der Waals surface area contributed by atoms with Gasteiger partial charge in [0.2, 0.25) is 0 Å². The van der Waals surface area contributed by atoms with Gasteiger partial charge < -0.3 is 15.0 Å². The number of carbonyl (C=O) groups excluding carboxylic acids is 2. The maximum atomic E-state index is 12.2. The second kappa shape index (κ2) is 8.66. The van der Waals surface area contributed by atoms with E-state index in [1.807, 2.05) is 0 Å². The average Bonchev–Trinajstić information content (AvgIpc) is 2.49. The summed E-state index contributed by atoms with van der Waals surface area (Å²) in [5, 5.41) is 13.8. The Morgan fingerprint density at radius 3 is 2.52 bits per heavy atom. The summed E-state index contributed by atoms with van der Waals surface area (Å²) in [5.41, 5.74) is -1.07. The summed E-state index contributed by atoms with van der Waals surface area (Å²) in [4.78, 5) is 36.0. The van der Waals surface area contributed by atoms with Crippen LogP contribution in [0.3, 0.4) is 0 Å². The Morgan fingerprint density at radius 2 is 2.00 bits per heavy atom. The Bertz CT molecular complexity index is 658. The van der Waals surface area contributed by atoms with E-state index in [0.717, 1.165) is 6.07 Å². The van der Waals surface area contributed by atoms with Crippen molar-refractivity contribution >= 4 is 29.3 Å². The molecule has 0 aliphatic rings. The molecular weight excluding hydrogens is 350 g/mol. The molecule has 0 saturated heterocycles. The third kappa shape index (κ3) is 6.58. The smallest absolute Gasteiger partial charge is 0.410 e. The molecule has 0 aliphatic heterocycles. The van der Waals surface area contributed by atoms with Crippen LogP contribution in [0.5, 0.6) is 0 Å². The number of nitro groups is 1. The molecule has 8 nitrogen and oxygen atoms in total. The van der Waals surface area contributed by atoms with Crippen LogP contribution >= 0.6 is 11.6 Å². The van der Waals surface area contributed by atoms with Gasteiger partial charge in [0.15, 0.2) is 0 Å². The van der Waals surface area contributed by atoms with Gasteiger partial charge in [-0.15, -0.1) is 0 Å². The maximum Gasteiger partial charge on any atom is 0.410 e. The van der Waals surface area contributed by atoms with Crippen molar-refractivity contribution in [3.8, 4) is 0 Å². The van der Waals surface area contributed by atoms with E-state index in [1.54, 1.807) is 27.7 Å². The lowest BCUT2D eigenvalue weighted by molar-refractivity contribution is -0.385. The lowest BCUT2D eigenvalue weighted by atomic mass is 10.1. The van der Waals surface area contributed by atoms with E-state index in [-0.39, 0.29) is 29.4 Å². The molecule has 0 radical (unpaired) electrons. The molecule has 2 amide bonds. The molecule has 0 heterocycles. The first kappa shape index (κ1) is 20.7. The van der Waals surface area contributed by atoms with Crippen LogP contribution in [-0.2, 0) is 4.74 Å². The van der Waals surface area contributed by atoms with Gasteiger partial charge in [0, 0.05) is 30.7 Å². The fourth-order valence-corrected chi connectivity index (χ4v) is 2.12. The standard InChI is InChI=1S/C16H22ClN3O5/c1-5-19(15(22)25-16(2,3)4)9-8-18-14(21)12-7-6-11(17)10-13(12)20(23)24/h6-7,10H,5,8-9H2,1-4H3,(H,18,21). The highest BCUT2D eigenvalue weighted by Gasteiger charge is 2.22. The zero-order valence-corrected chi connectivity index (χ0v) is 15.4. The van der Waals surface area contributed by atoms with E-state index in [1.165, 1.54) is 17.0 Å². The first-order valence-corrected chi connectivity index (χ1v) is 8.13. The zero-order chi connectivity index (χ0) is 19.2. The van der Waals surface area contributed by atoms with Gasteiger partial charge in [-0.1, -0.05) is 11.6 Å². The van der Waals surface area contributed by atoms with Crippen LogP contribution in [0.25, 0.3) is 0 Å². The van der Waals surface area contributed by atoms with Gasteiger partial charge in [-0.3, -0.25) is 14.9 Å². The lowest BCUT2D eigenvalue weighted by Crippen LogP contribution is -2.41. The summed E-state index contributed by atoms with van der Waals surface area (Å²) in [6.45, 7) is 7.84. The number of halogens is 1. The normalized spacial score (nSPS) is 10.9. The Balaban J connectivity index is 2.68. The quantitative estimate of drug-likeness (QED) is 0.611. The predicted molar refractivity (Wildman–Crippen MR) is 93.9 cm³/mol. The number of nitrogens with one attached hydrogen (secondary N) is 1. The molecule has 0 atom stereocenters. The number of hydrogen-bond acceptors (Lipinski definition) is 5. The van der Waals surface area contributed by atoms with Crippen molar-refractivity contribution in [2.24, 2.45) is 0 Å². The van der Waals surface area contributed by atoms with E-state index in [4.69, 9.17) is 16.3 Å². The van der Waals surface area contributed by atoms with Crippen LogP contribution in [-0.4, -0.2) is 47.1 Å². The van der Waals surface area contributed by atoms with Gasteiger partial charge in [0.05, 0.1) is 4.92 Å². The maximum absolute atomic E-state index is 12.2. The molecule has 1 aromatic carbocycles. The summed E-state index contributed by atoms with van der Waals surface area (Å²) in [7, 11) is 0. The fourth-order valence-electron chi connectivity index (χ4n) is 1.95.